The first-order valence-electron chi connectivity index (χ1n) is 5.89. The van der Waals surface area contributed by atoms with Crippen LogP contribution in [-0.4, -0.2) is 19.0 Å². The molecule has 0 heterocycles. The summed E-state index contributed by atoms with van der Waals surface area (Å²) in [7, 11) is 0. The van der Waals surface area contributed by atoms with Crippen LogP contribution in [0.15, 0.2) is 22.7 Å². The van der Waals surface area contributed by atoms with Crippen molar-refractivity contribution in [2.24, 2.45) is 5.92 Å². The number of carbonyl (C=O) groups is 1. The Labute approximate surface area is 115 Å². The Morgan fingerprint density at radius 1 is 1.50 bits per heavy atom. The standard InChI is InChI=1S/C13H14BrN3O/c14-11-3-4-12(10(5-11)6-15)16-8-13(18)17-7-9-1-2-9/h3-5,9,16H,1-2,7-8H2,(H,17,18). The quantitative estimate of drug-likeness (QED) is 0.877. The smallest absolute Gasteiger partial charge is 0.239 e. The topological polar surface area (TPSA) is 64.9 Å². The Bertz CT molecular complexity index is 491. The third-order valence-corrected chi connectivity index (χ3v) is 3.32. The summed E-state index contributed by atoms with van der Waals surface area (Å²) in [6.45, 7) is 0.967. The Morgan fingerprint density at radius 2 is 2.28 bits per heavy atom. The first-order chi connectivity index (χ1) is 8.69. The van der Waals surface area contributed by atoms with Gasteiger partial charge in [-0.15, -0.1) is 0 Å². The molecule has 0 spiro atoms. The molecule has 0 bridgehead atoms. The predicted octanol–water partition coefficient (Wildman–Crippen LogP) is 2.26. The highest BCUT2D eigenvalue weighted by Crippen LogP contribution is 2.27. The first-order valence-corrected chi connectivity index (χ1v) is 6.68. The van der Waals surface area contributed by atoms with Crippen molar-refractivity contribution in [2.75, 3.05) is 18.4 Å². The van der Waals surface area contributed by atoms with Gasteiger partial charge >= 0.3 is 0 Å². The minimum absolute atomic E-state index is 0.0336. The number of hydrogen-bond acceptors (Lipinski definition) is 3. The molecule has 94 valence electrons. The summed E-state index contributed by atoms with van der Waals surface area (Å²) < 4.78 is 0.850. The lowest BCUT2D eigenvalue weighted by atomic mass is 10.2. The highest BCUT2D eigenvalue weighted by molar-refractivity contribution is 9.10. The largest absolute Gasteiger partial charge is 0.375 e. The second kappa shape index (κ2) is 5.87. The van der Waals surface area contributed by atoms with E-state index in [0.29, 0.717) is 17.2 Å². The van der Waals surface area contributed by atoms with Crippen LogP contribution in [0.4, 0.5) is 5.69 Å². The number of nitrogens with zero attached hydrogens (tertiary/aromatic N) is 1. The third-order valence-electron chi connectivity index (χ3n) is 2.83. The van der Waals surface area contributed by atoms with E-state index in [9.17, 15) is 4.79 Å². The molecule has 1 aromatic rings. The van der Waals surface area contributed by atoms with Crippen molar-refractivity contribution in [3.8, 4) is 6.07 Å². The number of amides is 1. The van der Waals surface area contributed by atoms with Gasteiger partial charge in [0.1, 0.15) is 6.07 Å². The molecule has 0 unspecified atom stereocenters. The third kappa shape index (κ3) is 3.74. The van der Waals surface area contributed by atoms with Crippen molar-refractivity contribution in [1.82, 2.24) is 5.32 Å². The van der Waals surface area contributed by atoms with E-state index in [1.54, 1.807) is 12.1 Å². The lowest BCUT2D eigenvalue weighted by Crippen LogP contribution is -2.31. The molecule has 1 aliphatic rings. The number of nitriles is 1. The van der Waals surface area contributed by atoms with Gasteiger partial charge in [-0.2, -0.15) is 5.26 Å². The highest BCUT2D eigenvalue weighted by atomic mass is 79.9. The molecule has 2 rings (SSSR count). The maximum absolute atomic E-state index is 11.5. The van der Waals surface area contributed by atoms with Gasteiger partial charge in [0.25, 0.3) is 0 Å². The second-order valence-electron chi connectivity index (χ2n) is 4.40. The van der Waals surface area contributed by atoms with Crippen LogP contribution in [0.25, 0.3) is 0 Å². The van der Waals surface area contributed by atoms with Crippen LogP contribution in [-0.2, 0) is 4.79 Å². The molecule has 1 aromatic carbocycles. The summed E-state index contributed by atoms with van der Waals surface area (Å²) in [5, 5.41) is 14.8. The zero-order valence-electron chi connectivity index (χ0n) is 9.87. The van der Waals surface area contributed by atoms with Crippen molar-refractivity contribution >= 4 is 27.5 Å². The molecule has 0 aromatic heterocycles. The summed E-state index contributed by atoms with van der Waals surface area (Å²) in [5.74, 6) is 0.644. The molecular formula is C13H14BrN3O. The van der Waals surface area contributed by atoms with E-state index in [0.717, 1.165) is 11.0 Å². The lowest BCUT2D eigenvalue weighted by Gasteiger charge is -2.09. The molecule has 1 aliphatic carbocycles. The van der Waals surface area contributed by atoms with Crippen LogP contribution in [0.1, 0.15) is 18.4 Å². The minimum Gasteiger partial charge on any atom is -0.375 e. The number of nitrogens with one attached hydrogen (secondary N) is 2. The number of hydrogen-bond donors (Lipinski definition) is 2. The summed E-state index contributed by atoms with van der Waals surface area (Å²) in [6.07, 6.45) is 2.44. The molecule has 0 saturated heterocycles. The molecule has 0 aliphatic heterocycles. The fraction of sp³-hybridized carbons (Fsp3) is 0.385. The summed E-state index contributed by atoms with van der Waals surface area (Å²) in [4.78, 5) is 11.5. The van der Waals surface area contributed by atoms with E-state index < -0.39 is 0 Å². The molecule has 1 fully saturated rings. The van der Waals surface area contributed by atoms with Crippen LogP contribution < -0.4 is 10.6 Å². The van der Waals surface area contributed by atoms with Crippen molar-refractivity contribution in [1.29, 1.82) is 5.26 Å². The van der Waals surface area contributed by atoms with Gasteiger partial charge in [-0.1, -0.05) is 15.9 Å². The van der Waals surface area contributed by atoms with Gasteiger partial charge in [-0.3, -0.25) is 4.79 Å². The average molecular weight is 308 g/mol. The van der Waals surface area contributed by atoms with Gasteiger partial charge < -0.3 is 10.6 Å². The van der Waals surface area contributed by atoms with Crippen molar-refractivity contribution in [3.05, 3.63) is 28.2 Å². The van der Waals surface area contributed by atoms with Gasteiger partial charge in [0.15, 0.2) is 0 Å². The van der Waals surface area contributed by atoms with Gasteiger partial charge in [0.2, 0.25) is 5.91 Å². The molecular weight excluding hydrogens is 294 g/mol. The van der Waals surface area contributed by atoms with Crippen LogP contribution in [0, 0.1) is 17.2 Å². The van der Waals surface area contributed by atoms with Gasteiger partial charge in [-0.25, -0.2) is 0 Å². The number of carbonyl (C=O) groups excluding carboxylic acids is 1. The Morgan fingerprint density at radius 3 is 2.94 bits per heavy atom. The van der Waals surface area contributed by atoms with Crippen LogP contribution >= 0.6 is 15.9 Å². The maximum Gasteiger partial charge on any atom is 0.239 e. The van der Waals surface area contributed by atoms with E-state index in [4.69, 9.17) is 5.26 Å². The van der Waals surface area contributed by atoms with Gasteiger partial charge in [-0.05, 0) is 37.0 Å². The summed E-state index contributed by atoms with van der Waals surface area (Å²) in [6, 6.07) is 7.45. The lowest BCUT2D eigenvalue weighted by molar-refractivity contribution is -0.119. The van der Waals surface area contributed by atoms with Crippen LogP contribution in [0.3, 0.4) is 0 Å². The fourth-order valence-corrected chi connectivity index (χ4v) is 1.94. The van der Waals surface area contributed by atoms with E-state index in [1.807, 2.05) is 6.07 Å². The summed E-state index contributed by atoms with van der Waals surface area (Å²) in [5.41, 5.74) is 1.21. The minimum atomic E-state index is -0.0336. The molecule has 18 heavy (non-hydrogen) atoms. The molecule has 5 heteroatoms. The first kappa shape index (κ1) is 12.9. The summed E-state index contributed by atoms with van der Waals surface area (Å²) >= 11 is 3.31. The van der Waals surface area contributed by atoms with E-state index in [1.165, 1.54) is 12.8 Å². The zero-order valence-corrected chi connectivity index (χ0v) is 11.5. The SMILES string of the molecule is N#Cc1cc(Br)ccc1NCC(=O)NCC1CC1. The Balaban J connectivity index is 1.85. The number of benzene rings is 1. The van der Waals surface area contributed by atoms with Crippen LogP contribution in [0.2, 0.25) is 0 Å². The number of anilines is 1. The molecule has 4 nitrogen and oxygen atoms in total. The van der Waals surface area contributed by atoms with E-state index in [2.05, 4.69) is 32.6 Å². The fourth-order valence-electron chi connectivity index (χ4n) is 1.58. The maximum atomic E-state index is 11.5. The van der Waals surface area contributed by atoms with Gasteiger partial charge in [0.05, 0.1) is 17.8 Å². The molecule has 0 radical (unpaired) electrons. The monoisotopic (exact) mass is 307 g/mol. The Kier molecular flexibility index (Phi) is 4.21. The van der Waals surface area contributed by atoms with Crippen molar-refractivity contribution in [2.45, 2.75) is 12.8 Å². The van der Waals surface area contributed by atoms with Gasteiger partial charge in [0, 0.05) is 11.0 Å². The second-order valence-corrected chi connectivity index (χ2v) is 5.32. The molecule has 0 atom stereocenters. The number of halogens is 1. The van der Waals surface area contributed by atoms with Crippen LogP contribution in [0.5, 0.6) is 0 Å². The number of rotatable bonds is 5. The Hall–Kier alpha value is -1.54. The van der Waals surface area contributed by atoms with Crippen molar-refractivity contribution < 1.29 is 4.79 Å². The predicted molar refractivity (Wildman–Crippen MR) is 73.1 cm³/mol. The van der Waals surface area contributed by atoms with E-state index >= 15 is 0 Å². The average Bonchev–Trinajstić information content (AvgIpc) is 3.18. The van der Waals surface area contributed by atoms with Crippen molar-refractivity contribution in [3.63, 3.8) is 0 Å². The molecule has 2 N–H and O–H groups in total. The molecule has 1 amide bonds. The highest BCUT2D eigenvalue weighted by Gasteiger charge is 2.21. The zero-order chi connectivity index (χ0) is 13.0. The normalized spacial score (nSPS) is 13.8. The molecule has 1 saturated carbocycles. The van der Waals surface area contributed by atoms with E-state index in [-0.39, 0.29) is 12.5 Å².